The van der Waals surface area contributed by atoms with Gasteiger partial charge in [-0.25, -0.2) is 13.1 Å². The number of sulfonamides is 1. The Kier molecular flexibility index (Phi) is 3.15. The van der Waals surface area contributed by atoms with Crippen molar-refractivity contribution in [2.75, 3.05) is 13.1 Å². The van der Waals surface area contributed by atoms with Gasteiger partial charge in [-0.15, -0.1) is 0 Å². The molecule has 1 fully saturated rings. The average Bonchev–Trinajstić information content (AvgIpc) is 2.75. The van der Waals surface area contributed by atoms with Crippen LogP contribution in [-0.2, 0) is 10.0 Å². The van der Waals surface area contributed by atoms with Gasteiger partial charge in [-0.3, -0.25) is 0 Å². The third-order valence-electron chi connectivity index (χ3n) is 2.20. The van der Waals surface area contributed by atoms with E-state index in [4.69, 9.17) is 4.42 Å². The van der Waals surface area contributed by atoms with Crippen LogP contribution in [0.4, 0.5) is 0 Å². The smallest absolute Gasteiger partial charge is 0.274 e. The molecule has 1 saturated heterocycles. The number of hydrogen-bond donors (Lipinski definition) is 2. The summed E-state index contributed by atoms with van der Waals surface area (Å²) in [5, 5.41) is 3.03. The summed E-state index contributed by atoms with van der Waals surface area (Å²) in [6.45, 7) is 1.51. The van der Waals surface area contributed by atoms with E-state index in [1.165, 1.54) is 6.07 Å². The highest BCUT2D eigenvalue weighted by atomic mass is 79.9. The summed E-state index contributed by atoms with van der Waals surface area (Å²) >= 11 is 3.07. The molecule has 1 unspecified atom stereocenters. The van der Waals surface area contributed by atoms with E-state index in [9.17, 15) is 8.42 Å². The first-order valence-electron chi connectivity index (χ1n) is 4.56. The van der Waals surface area contributed by atoms with Crippen molar-refractivity contribution in [3.05, 3.63) is 16.8 Å². The second-order valence-corrected chi connectivity index (χ2v) is 5.80. The maximum absolute atomic E-state index is 11.7. The molecular weight excluding hydrogens is 284 g/mol. The van der Waals surface area contributed by atoms with Crippen molar-refractivity contribution in [2.24, 2.45) is 0 Å². The number of halogens is 1. The first-order valence-corrected chi connectivity index (χ1v) is 6.84. The first-order chi connectivity index (χ1) is 7.08. The molecule has 5 nitrogen and oxygen atoms in total. The summed E-state index contributed by atoms with van der Waals surface area (Å²) in [6.07, 6.45) is 0.807. The molecule has 1 atom stereocenters. The average molecular weight is 295 g/mol. The van der Waals surface area contributed by atoms with Gasteiger partial charge in [0.2, 0.25) is 5.09 Å². The Morgan fingerprint density at radius 2 is 2.33 bits per heavy atom. The summed E-state index contributed by atoms with van der Waals surface area (Å²) < 4.78 is 31.5. The fourth-order valence-corrected chi connectivity index (χ4v) is 3.09. The molecule has 2 rings (SSSR count). The Morgan fingerprint density at radius 1 is 1.53 bits per heavy atom. The van der Waals surface area contributed by atoms with Crippen LogP contribution in [0.3, 0.4) is 0 Å². The number of nitrogens with one attached hydrogen (secondary N) is 2. The minimum absolute atomic E-state index is 0.0427. The molecule has 1 aliphatic rings. The largest absolute Gasteiger partial charge is 0.437 e. The standard InChI is InChI=1S/C8H11BrN2O3S/c9-7-1-2-8(14-7)15(12,13)11-6-3-4-10-5-6/h1-2,6,10-11H,3-5H2. The molecular formula is C8H11BrN2O3S. The van der Waals surface area contributed by atoms with Gasteiger partial charge in [-0.05, 0) is 41.0 Å². The van der Waals surface area contributed by atoms with Crippen LogP contribution in [-0.4, -0.2) is 27.5 Å². The first kappa shape index (κ1) is 11.1. The van der Waals surface area contributed by atoms with Gasteiger partial charge >= 0.3 is 0 Å². The topological polar surface area (TPSA) is 71.3 Å². The third kappa shape index (κ3) is 2.60. The van der Waals surface area contributed by atoms with Crippen LogP contribution in [0.5, 0.6) is 0 Å². The zero-order valence-electron chi connectivity index (χ0n) is 7.86. The van der Waals surface area contributed by atoms with Crippen molar-refractivity contribution in [1.29, 1.82) is 0 Å². The molecule has 1 aromatic rings. The van der Waals surface area contributed by atoms with Gasteiger partial charge in [0.1, 0.15) is 0 Å². The number of rotatable bonds is 3. The Morgan fingerprint density at radius 3 is 2.87 bits per heavy atom. The van der Waals surface area contributed by atoms with Gasteiger partial charge in [0, 0.05) is 12.6 Å². The molecule has 7 heteroatoms. The maximum Gasteiger partial charge on any atom is 0.274 e. The molecule has 0 aromatic carbocycles. The number of furan rings is 1. The molecule has 0 radical (unpaired) electrons. The van der Waals surface area contributed by atoms with Crippen molar-refractivity contribution in [3.8, 4) is 0 Å². The molecule has 0 saturated carbocycles. The second kappa shape index (κ2) is 4.25. The maximum atomic E-state index is 11.7. The molecule has 1 aliphatic heterocycles. The van der Waals surface area contributed by atoms with Gasteiger partial charge in [-0.2, -0.15) is 0 Å². The Bertz CT molecular complexity index is 436. The van der Waals surface area contributed by atoms with E-state index >= 15 is 0 Å². The minimum Gasteiger partial charge on any atom is -0.437 e. The minimum atomic E-state index is -3.51. The van der Waals surface area contributed by atoms with Gasteiger partial charge in [0.05, 0.1) is 0 Å². The lowest BCUT2D eigenvalue weighted by Crippen LogP contribution is -2.35. The van der Waals surface area contributed by atoms with E-state index in [-0.39, 0.29) is 11.1 Å². The molecule has 15 heavy (non-hydrogen) atoms. The van der Waals surface area contributed by atoms with E-state index in [1.54, 1.807) is 6.07 Å². The summed E-state index contributed by atoms with van der Waals surface area (Å²) in [5.74, 6) is 0. The molecule has 84 valence electrons. The fraction of sp³-hybridized carbons (Fsp3) is 0.500. The van der Waals surface area contributed by atoms with Crippen LogP contribution in [0.15, 0.2) is 26.3 Å². The zero-order chi connectivity index (χ0) is 10.9. The SMILES string of the molecule is O=S(=O)(NC1CCNC1)c1ccc(Br)o1. The van der Waals surface area contributed by atoms with Gasteiger partial charge in [0.25, 0.3) is 10.0 Å². The Hall–Kier alpha value is -0.370. The molecule has 1 aromatic heterocycles. The Labute approximate surface area is 96.4 Å². The van der Waals surface area contributed by atoms with Crippen molar-refractivity contribution in [3.63, 3.8) is 0 Å². The van der Waals surface area contributed by atoms with Crippen LogP contribution in [0.1, 0.15) is 6.42 Å². The quantitative estimate of drug-likeness (QED) is 0.860. The molecule has 2 N–H and O–H groups in total. The van der Waals surface area contributed by atoms with Crippen LogP contribution < -0.4 is 10.0 Å². The van der Waals surface area contributed by atoms with Gasteiger partial charge in [0.15, 0.2) is 4.67 Å². The highest BCUT2D eigenvalue weighted by Gasteiger charge is 2.24. The number of hydrogen-bond acceptors (Lipinski definition) is 4. The van der Waals surface area contributed by atoms with Crippen LogP contribution in [0.25, 0.3) is 0 Å². The molecule has 0 aliphatic carbocycles. The van der Waals surface area contributed by atoms with Crippen LogP contribution in [0.2, 0.25) is 0 Å². The normalized spacial score (nSPS) is 22.1. The van der Waals surface area contributed by atoms with E-state index < -0.39 is 10.0 Å². The summed E-state index contributed by atoms with van der Waals surface area (Å²) in [4.78, 5) is 0. The Balaban J connectivity index is 2.12. The van der Waals surface area contributed by atoms with Crippen molar-refractivity contribution >= 4 is 26.0 Å². The lowest BCUT2D eigenvalue weighted by molar-refractivity contribution is 0.425. The summed E-state index contributed by atoms with van der Waals surface area (Å²) in [7, 11) is -3.51. The predicted molar refractivity (Wildman–Crippen MR) is 58.0 cm³/mol. The fourth-order valence-electron chi connectivity index (χ4n) is 1.47. The van der Waals surface area contributed by atoms with E-state index in [1.807, 2.05) is 0 Å². The van der Waals surface area contributed by atoms with Gasteiger partial charge < -0.3 is 9.73 Å². The molecule has 0 bridgehead atoms. The molecule has 0 amide bonds. The predicted octanol–water partition coefficient (Wildman–Crippen LogP) is 0.682. The highest BCUT2D eigenvalue weighted by Crippen LogP contribution is 2.18. The molecule has 0 spiro atoms. The van der Waals surface area contributed by atoms with E-state index in [2.05, 4.69) is 26.0 Å². The summed E-state index contributed by atoms with van der Waals surface area (Å²) in [5.41, 5.74) is 0. The van der Waals surface area contributed by atoms with Crippen LogP contribution in [0, 0.1) is 0 Å². The second-order valence-electron chi connectivity index (χ2n) is 3.37. The van der Waals surface area contributed by atoms with Crippen molar-refractivity contribution in [2.45, 2.75) is 17.6 Å². The monoisotopic (exact) mass is 294 g/mol. The summed E-state index contributed by atoms with van der Waals surface area (Å²) in [6, 6.07) is 2.94. The zero-order valence-corrected chi connectivity index (χ0v) is 10.3. The third-order valence-corrected chi connectivity index (χ3v) is 4.01. The van der Waals surface area contributed by atoms with E-state index in [0.29, 0.717) is 11.2 Å². The van der Waals surface area contributed by atoms with Crippen molar-refractivity contribution in [1.82, 2.24) is 10.0 Å². The van der Waals surface area contributed by atoms with E-state index in [0.717, 1.165) is 13.0 Å². The van der Waals surface area contributed by atoms with Gasteiger partial charge in [-0.1, -0.05) is 0 Å². The van der Waals surface area contributed by atoms with Crippen molar-refractivity contribution < 1.29 is 12.8 Å². The lowest BCUT2D eigenvalue weighted by atomic mass is 10.3. The molecule has 2 heterocycles. The highest BCUT2D eigenvalue weighted by molar-refractivity contribution is 9.10. The van der Waals surface area contributed by atoms with Crippen LogP contribution >= 0.6 is 15.9 Å². The lowest BCUT2D eigenvalue weighted by Gasteiger charge is -2.09.